The Kier molecular flexibility index (Phi) is 5.61. The Balaban J connectivity index is 1.35. The summed E-state index contributed by atoms with van der Waals surface area (Å²) in [5.41, 5.74) is 4.55. The second kappa shape index (κ2) is 8.16. The van der Waals surface area contributed by atoms with E-state index in [1.165, 1.54) is 42.1 Å². The lowest BCUT2D eigenvalue weighted by molar-refractivity contribution is -0.901. The highest BCUT2D eigenvalue weighted by Crippen LogP contribution is 2.30. The largest absolute Gasteiger partial charge is 0.348 e. The number of sulfonamides is 1. The first-order chi connectivity index (χ1) is 13.9. The summed E-state index contributed by atoms with van der Waals surface area (Å²) < 4.78 is 25.1. The van der Waals surface area contributed by atoms with E-state index in [-0.39, 0.29) is 5.91 Å². The highest BCUT2D eigenvalue weighted by molar-refractivity contribution is 7.92. The molecule has 6 nitrogen and oxygen atoms in total. The average molecular weight is 415 g/mol. The van der Waals surface area contributed by atoms with E-state index in [0.29, 0.717) is 30.8 Å². The molecule has 29 heavy (non-hydrogen) atoms. The van der Waals surface area contributed by atoms with Gasteiger partial charge in [0, 0.05) is 37.1 Å². The molecule has 4 rings (SSSR count). The maximum atomic E-state index is 12.5. The van der Waals surface area contributed by atoms with Crippen molar-refractivity contribution >= 4 is 21.6 Å². The lowest BCUT2D eigenvalue weighted by Gasteiger charge is -2.16. The SMILES string of the molecule is CS(=O)(=O)N1CCc2cc(C(=O)NCc3ccc(C[NH+]4CCCC4)cc3)ccc21. The third kappa shape index (κ3) is 4.62. The lowest BCUT2D eigenvalue weighted by atomic mass is 10.1. The Labute approximate surface area is 172 Å². The van der Waals surface area contributed by atoms with E-state index in [1.54, 1.807) is 23.1 Å². The van der Waals surface area contributed by atoms with Gasteiger partial charge < -0.3 is 10.2 Å². The van der Waals surface area contributed by atoms with Gasteiger partial charge in [-0.15, -0.1) is 0 Å². The number of nitrogens with one attached hydrogen (secondary N) is 2. The Morgan fingerprint density at radius 2 is 1.76 bits per heavy atom. The fraction of sp³-hybridized carbons (Fsp3) is 0.409. The molecule has 1 fully saturated rings. The minimum absolute atomic E-state index is 0.142. The fourth-order valence-electron chi connectivity index (χ4n) is 4.26. The number of likely N-dealkylation sites (tertiary alicyclic amines) is 1. The van der Waals surface area contributed by atoms with Crippen LogP contribution < -0.4 is 14.5 Å². The van der Waals surface area contributed by atoms with Gasteiger partial charge in [-0.25, -0.2) is 8.42 Å². The predicted octanol–water partition coefficient (Wildman–Crippen LogP) is 1.12. The number of amides is 1. The van der Waals surface area contributed by atoms with Crippen molar-refractivity contribution in [3.8, 4) is 0 Å². The fourth-order valence-corrected chi connectivity index (χ4v) is 5.22. The van der Waals surface area contributed by atoms with Gasteiger partial charge in [0.2, 0.25) is 10.0 Å². The zero-order valence-electron chi connectivity index (χ0n) is 16.8. The number of nitrogens with zero attached hydrogens (tertiary/aromatic N) is 1. The van der Waals surface area contributed by atoms with Crippen molar-refractivity contribution in [1.29, 1.82) is 0 Å². The topological polar surface area (TPSA) is 70.9 Å². The minimum Gasteiger partial charge on any atom is -0.348 e. The van der Waals surface area contributed by atoms with Crippen LogP contribution in [-0.2, 0) is 29.5 Å². The van der Waals surface area contributed by atoms with Crippen molar-refractivity contribution in [1.82, 2.24) is 5.32 Å². The van der Waals surface area contributed by atoms with E-state index >= 15 is 0 Å². The first-order valence-electron chi connectivity index (χ1n) is 10.2. The van der Waals surface area contributed by atoms with Crippen molar-refractivity contribution in [3.05, 3.63) is 64.7 Å². The van der Waals surface area contributed by atoms with Gasteiger partial charge in [0.1, 0.15) is 6.54 Å². The molecule has 2 N–H and O–H groups in total. The zero-order chi connectivity index (χ0) is 20.4. The smallest absolute Gasteiger partial charge is 0.251 e. The van der Waals surface area contributed by atoms with Crippen LogP contribution in [0.1, 0.15) is 39.9 Å². The van der Waals surface area contributed by atoms with Crippen LogP contribution in [0.4, 0.5) is 5.69 Å². The molecule has 0 spiro atoms. The molecular weight excluding hydrogens is 386 g/mol. The summed E-state index contributed by atoms with van der Waals surface area (Å²) in [6.07, 6.45) is 4.49. The van der Waals surface area contributed by atoms with E-state index in [4.69, 9.17) is 0 Å². The first-order valence-corrected chi connectivity index (χ1v) is 12.1. The predicted molar refractivity (Wildman–Crippen MR) is 114 cm³/mol. The number of hydrogen-bond donors (Lipinski definition) is 2. The monoisotopic (exact) mass is 414 g/mol. The molecule has 0 atom stereocenters. The van der Waals surface area contributed by atoms with Crippen LogP contribution in [0.15, 0.2) is 42.5 Å². The van der Waals surface area contributed by atoms with Crippen LogP contribution in [-0.4, -0.2) is 40.2 Å². The highest BCUT2D eigenvalue weighted by Gasteiger charge is 2.26. The summed E-state index contributed by atoms with van der Waals surface area (Å²) in [6, 6.07) is 13.7. The van der Waals surface area contributed by atoms with E-state index in [9.17, 15) is 13.2 Å². The van der Waals surface area contributed by atoms with Crippen molar-refractivity contribution in [2.45, 2.75) is 32.4 Å². The van der Waals surface area contributed by atoms with Gasteiger partial charge in [0.05, 0.1) is 25.0 Å². The van der Waals surface area contributed by atoms with Crippen LogP contribution in [0.5, 0.6) is 0 Å². The lowest BCUT2D eigenvalue weighted by Crippen LogP contribution is -3.08. The Morgan fingerprint density at radius 3 is 2.45 bits per heavy atom. The van der Waals surface area contributed by atoms with E-state index in [1.807, 2.05) is 0 Å². The summed E-state index contributed by atoms with van der Waals surface area (Å²) in [6.45, 7) is 4.51. The summed E-state index contributed by atoms with van der Waals surface area (Å²) in [5.74, 6) is -0.142. The molecule has 2 aliphatic heterocycles. The number of quaternary nitrogens is 1. The van der Waals surface area contributed by atoms with Gasteiger partial charge in [-0.05, 0) is 35.7 Å². The van der Waals surface area contributed by atoms with Gasteiger partial charge in [-0.2, -0.15) is 0 Å². The van der Waals surface area contributed by atoms with Crippen molar-refractivity contribution in [2.24, 2.45) is 0 Å². The van der Waals surface area contributed by atoms with E-state index < -0.39 is 10.0 Å². The number of rotatable bonds is 6. The number of carbonyl (C=O) groups is 1. The van der Waals surface area contributed by atoms with Crippen LogP contribution in [0, 0.1) is 0 Å². The van der Waals surface area contributed by atoms with Crippen molar-refractivity contribution in [3.63, 3.8) is 0 Å². The maximum absolute atomic E-state index is 12.5. The number of fused-ring (bicyclic) bond motifs is 1. The average Bonchev–Trinajstić information content (AvgIpc) is 3.35. The van der Waals surface area contributed by atoms with E-state index in [0.717, 1.165) is 17.7 Å². The van der Waals surface area contributed by atoms with Crippen LogP contribution >= 0.6 is 0 Å². The summed E-state index contributed by atoms with van der Waals surface area (Å²) >= 11 is 0. The molecule has 7 heteroatoms. The van der Waals surface area contributed by atoms with Gasteiger partial charge in [0.15, 0.2) is 0 Å². The van der Waals surface area contributed by atoms with Crippen LogP contribution in [0.2, 0.25) is 0 Å². The Morgan fingerprint density at radius 1 is 1.07 bits per heavy atom. The van der Waals surface area contributed by atoms with E-state index in [2.05, 4.69) is 29.6 Å². The molecule has 1 amide bonds. The second-order valence-corrected chi connectivity index (χ2v) is 9.97. The zero-order valence-corrected chi connectivity index (χ0v) is 17.6. The number of carbonyl (C=O) groups excluding carboxylic acids is 1. The van der Waals surface area contributed by atoms with Crippen molar-refractivity contribution in [2.75, 3.05) is 30.2 Å². The molecule has 0 radical (unpaired) electrons. The number of anilines is 1. The number of hydrogen-bond acceptors (Lipinski definition) is 3. The standard InChI is InChI=1S/C22H27N3O3S/c1-29(27,28)25-13-10-19-14-20(8-9-21(19)25)22(26)23-15-17-4-6-18(7-5-17)16-24-11-2-3-12-24/h4-9,14H,2-3,10-13,15-16H2,1H3,(H,23,26)/p+1. The molecule has 2 aromatic rings. The van der Waals surface area contributed by atoms with Crippen LogP contribution in [0.3, 0.4) is 0 Å². The normalized spacial score (nSPS) is 16.8. The number of benzene rings is 2. The molecule has 1 saturated heterocycles. The molecule has 0 bridgehead atoms. The third-order valence-electron chi connectivity index (χ3n) is 5.84. The second-order valence-electron chi connectivity index (χ2n) is 8.06. The molecule has 154 valence electrons. The molecule has 2 heterocycles. The molecular formula is C22H28N3O3S+. The molecule has 0 aliphatic carbocycles. The van der Waals surface area contributed by atoms with Gasteiger partial charge in [-0.1, -0.05) is 24.3 Å². The highest BCUT2D eigenvalue weighted by atomic mass is 32.2. The Hall–Kier alpha value is -2.38. The van der Waals surface area contributed by atoms with Crippen molar-refractivity contribution < 1.29 is 18.1 Å². The molecule has 0 unspecified atom stereocenters. The van der Waals surface area contributed by atoms with Gasteiger partial charge >= 0.3 is 0 Å². The first kappa shape index (κ1) is 19.9. The molecule has 0 aromatic heterocycles. The third-order valence-corrected chi connectivity index (χ3v) is 7.02. The van der Waals surface area contributed by atoms with Gasteiger partial charge in [0.25, 0.3) is 5.91 Å². The minimum atomic E-state index is -3.28. The van der Waals surface area contributed by atoms with Gasteiger partial charge in [-0.3, -0.25) is 9.10 Å². The summed E-state index contributed by atoms with van der Waals surface area (Å²) in [5, 5.41) is 2.96. The maximum Gasteiger partial charge on any atom is 0.251 e. The summed E-state index contributed by atoms with van der Waals surface area (Å²) in [4.78, 5) is 14.2. The Bertz CT molecular complexity index is 996. The molecule has 2 aromatic carbocycles. The molecule has 2 aliphatic rings. The van der Waals surface area contributed by atoms with Crippen LogP contribution in [0.25, 0.3) is 0 Å². The molecule has 0 saturated carbocycles. The summed E-state index contributed by atoms with van der Waals surface area (Å²) in [7, 11) is -3.28. The quantitative estimate of drug-likeness (QED) is 0.744.